The highest BCUT2D eigenvalue weighted by Crippen LogP contribution is 2.28. The molecule has 3 aromatic rings. The summed E-state index contributed by atoms with van der Waals surface area (Å²) >= 11 is 5.84. The first-order chi connectivity index (χ1) is 12.0. The molecule has 0 aliphatic rings. The zero-order chi connectivity index (χ0) is 17.9. The highest BCUT2D eigenvalue weighted by Gasteiger charge is 2.19. The number of sulfonamides is 1. The molecule has 0 saturated carbocycles. The molecule has 0 saturated heterocycles. The van der Waals surface area contributed by atoms with Crippen LogP contribution in [-0.2, 0) is 10.0 Å². The van der Waals surface area contributed by atoms with Crippen molar-refractivity contribution in [1.29, 1.82) is 0 Å². The van der Waals surface area contributed by atoms with Crippen LogP contribution in [0.2, 0.25) is 5.02 Å². The molecule has 2 heterocycles. The molecule has 0 bridgehead atoms. The summed E-state index contributed by atoms with van der Waals surface area (Å²) in [5, 5.41) is 0.340. The quantitative estimate of drug-likeness (QED) is 0.736. The molecule has 1 aromatic carbocycles. The van der Waals surface area contributed by atoms with Crippen molar-refractivity contribution < 1.29 is 13.2 Å². The van der Waals surface area contributed by atoms with Crippen LogP contribution in [0.3, 0.4) is 0 Å². The number of ether oxygens (including phenoxy) is 1. The smallest absolute Gasteiger partial charge is 0.264 e. The number of methoxy groups -OCH3 is 1. The maximum Gasteiger partial charge on any atom is 0.264 e. The zero-order valence-corrected chi connectivity index (χ0v) is 14.8. The van der Waals surface area contributed by atoms with Gasteiger partial charge in [0.25, 0.3) is 10.0 Å². The van der Waals surface area contributed by atoms with Crippen molar-refractivity contribution in [3.8, 4) is 16.9 Å². The lowest BCUT2D eigenvalue weighted by Crippen LogP contribution is -2.15. The Morgan fingerprint density at radius 1 is 1.04 bits per heavy atom. The number of halogens is 1. The van der Waals surface area contributed by atoms with Gasteiger partial charge in [-0.3, -0.25) is 9.71 Å². The van der Waals surface area contributed by atoms with Crippen molar-refractivity contribution in [1.82, 2.24) is 9.97 Å². The summed E-state index contributed by atoms with van der Waals surface area (Å²) in [6.45, 7) is 0. The second kappa shape index (κ2) is 7.08. The fourth-order valence-electron chi connectivity index (χ4n) is 2.19. The Morgan fingerprint density at radius 3 is 2.52 bits per heavy atom. The van der Waals surface area contributed by atoms with E-state index in [1.807, 2.05) is 30.3 Å². The monoisotopic (exact) mass is 375 g/mol. The van der Waals surface area contributed by atoms with E-state index in [1.165, 1.54) is 25.6 Å². The number of hydrogen-bond donors (Lipinski definition) is 1. The molecule has 2 aromatic heterocycles. The highest BCUT2D eigenvalue weighted by atomic mass is 35.5. The number of benzene rings is 1. The molecule has 0 aliphatic carbocycles. The molecule has 0 amide bonds. The second-order valence-electron chi connectivity index (χ2n) is 5.09. The van der Waals surface area contributed by atoms with Gasteiger partial charge in [-0.15, -0.1) is 0 Å². The molecule has 128 valence electrons. The summed E-state index contributed by atoms with van der Waals surface area (Å²) in [7, 11) is -2.48. The summed E-state index contributed by atoms with van der Waals surface area (Å²) in [5.41, 5.74) is 1.56. The Bertz CT molecular complexity index is 995. The molecular weight excluding hydrogens is 362 g/mol. The van der Waals surface area contributed by atoms with Crippen molar-refractivity contribution >= 4 is 27.4 Å². The fraction of sp³-hybridized carbons (Fsp3) is 0.0588. The van der Waals surface area contributed by atoms with Gasteiger partial charge >= 0.3 is 0 Å². The van der Waals surface area contributed by atoms with Crippen LogP contribution in [0, 0.1) is 0 Å². The number of pyridine rings is 2. The average Bonchev–Trinajstić information content (AvgIpc) is 2.64. The van der Waals surface area contributed by atoms with Crippen LogP contribution in [0.1, 0.15) is 0 Å². The topological polar surface area (TPSA) is 81.2 Å². The number of hydrogen-bond acceptors (Lipinski definition) is 5. The minimum absolute atomic E-state index is 0.0210. The first kappa shape index (κ1) is 17.2. The molecule has 0 atom stereocenters. The Labute approximate surface area is 150 Å². The van der Waals surface area contributed by atoms with Gasteiger partial charge in [0.1, 0.15) is 4.90 Å². The first-order valence-electron chi connectivity index (χ1n) is 7.22. The summed E-state index contributed by atoms with van der Waals surface area (Å²) < 4.78 is 32.8. The molecule has 0 fully saturated rings. The van der Waals surface area contributed by atoms with Gasteiger partial charge < -0.3 is 4.74 Å². The lowest BCUT2D eigenvalue weighted by molar-refractivity contribution is 0.415. The lowest BCUT2D eigenvalue weighted by atomic mass is 10.1. The van der Waals surface area contributed by atoms with Gasteiger partial charge in [-0.2, -0.15) is 0 Å². The predicted molar refractivity (Wildman–Crippen MR) is 96.3 cm³/mol. The van der Waals surface area contributed by atoms with Crippen LogP contribution < -0.4 is 9.46 Å². The summed E-state index contributed by atoms with van der Waals surface area (Å²) in [5.74, 6) is 0.278. The van der Waals surface area contributed by atoms with Gasteiger partial charge in [-0.1, -0.05) is 41.9 Å². The van der Waals surface area contributed by atoms with E-state index in [4.69, 9.17) is 16.3 Å². The Kier molecular flexibility index (Phi) is 4.87. The Balaban J connectivity index is 1.96. The predicted octanol–water partition coefficient (Wildman–Crippen LogP) is 3.61. The summed E-state index contributed by atoms with van der Waals surface area (Å²) in [6, 6.07) is 12.4. The molecule has 0 unspecified atom stereocenters. The van der Waals surface area contributed by atoms with Crippen LogP contribution in [0.5, 0.6) is 5.75 Å². The average molecular weight is 376 g/mol. The summed E-state index contributed by atoms with van der Waals surface area (Å²) in [4.78, 5) is 8.03. The molecule has 0 aliphatic heterocycles. The maximum atomic E-state index is 12.7. The maximum absolute atomic E-state index is 12.7. The van der Waals surface area contributed by atoms with Crippen LogP contribution >= 0.6 is 11.6 Å². The van der Waals surface area contributed by atoms with E-state index in [0.717, 1.165) is 5.56 Å². The molecule has 0 radical (unpaired) electrons. The van der Waals surface area contributed by atoms with Crippen molar-refractivity contribution in [2.75, 3.05) is 11.8 Å². The van der Waals surface area contributed by atoms with E-state index in [2.05, 4.69) is 14.7 Å². The second-order valence-corrected chi connectivity index (χ2v) is 7.20. The van der Waals surface area contributed by atoms with Crippen LogP contribution in [0.15, 0.2) is 66.0 Å². The molecule has 1 N–H and O–H groups in total. The van der Waals surface area contributed by atoms with Gasteiger partial charge in [0.15, 0.2) is 11.6 Å². The number of nitrogens with one attached hydrogen (secondary N) is 1. The van der Waals surface area contributed by atoms with Gasteiger partial charge in [0.2, 0.25) is 0 Å². The van der Waals surface area contributed by atoms with Crippen molar-refractivity contribution in [2.45, 2.75) is 4.90 Å². The van der Waals surface area contributed by atoms with Crippen LogP contribution in [-0.4, -0.2) is 25.5 Å². The molecular formula is C17H14ClN3O3S. The Morgan fingerprint density at radius 2 is 1.80 bits per heavy atom. The van der Waals surface area contributed by atoms with Gasteiger partial charge in [-0.05, 0) is 11.6 Å². The molecule has 3 rings (SSSR count). The third-order valence-electron chi connectivity index (χ3n) is 3.40. The van der Waals surface area contributed by atoms with Crippen LogP contribution in [0.4, 0.5) is 5.82 Å². The largest absolute Gasteiger partial charge is 0.493 e. The fourth-order valence-corrected chi connectivity index (χ4v) is 3.35. The first-order valence-corrected chi connectivity index (χ1v) is 9.08. The van der Waals surface area contributed by atoms with E-state index in [0.29, 0.717) is 10.6 Å². The molecule has 6 nitrogen and oxygen atoms in total. The van der Waals surface area contributed by atoms with E-state index in [-0.39, 0.29) is 16.5 Å². The number of aromatic nitrogens is 2. The molecule has 0 spiro atoms. The summed E-state index contributed by atoms with van der Waals surface area (Å²) in [6.07, 6.45) is 4.22. The normalized spacial score (nSPS) is 11.1. The van der Waals surface area contributed by atoms with Gasteiger partial charge in [-0.25, -0.2) is 13.4 Å². The van der Waals surface area contributed by atoms with E-state index >= 15 is 0 Å². The van der Waals surface area contributed by atoms with Gasteiger partial charge in [0, 0.05) is 30.2 Å². The molecule has 8 heteroatoms. The van der Waals surface area contributed by atoms with E-state index in [9.17, 15) is 8.42 Å². The third kappa shape index (κ3) is 3.89. The highest BCUT2D eigenvalue weighted by molar-refractivity contribution is 7.92. The van der Waals surface area contributed by atoms with Crippen molar-refractivity contribution in [3.63, 3.8) is 0 Å². The van der Waals surface area contributed by atoms with Crippen molar-refractivity contribution in [2.24, 2.45) is 0 Å². The zero-order valence-electron chi connectivity index (χ0n) is 13.2. The number of rotatable bonds is 5. The van der Waals surface area contributed by atoms with E-state index in [1.54, 1.807) is 12.3 Å². The van der Waals surface area contributed by atoms with E-state index < -0.39 is 10.0 Å². The van der Waals surface area contributed by atoms with Crippen molar-refractivity contribution in [3.05, 3.63) is 66.1 Å². The minimum atomic E-state index is -3.89. The Hall–Kier alpha value is -2.64. The third-order valence-corrected chi connectivity index (χ3v) is 4.91. The van der Waals surface area contributed by atoms with Crippen LogP contribution in [0.25, 0.3) is 11.1 Å². The van der Waals surface area contributed by atoms with Gasteiger partial charge in [0.05, 0.1) is 12.1 Å². The minimum Gasteiger partial charge on any atom is -0.493 e. The molecule has 25 heavy (non-hydrogen) atoms. The lowest BCUT2D eigenvalue weighted by Gasteiger charge is -2.11. The number of nitrogens with zero attached hydrogens (tertiary/aromatic N) is 2. The standard InChI is InChI=1S/C17H14ClN3O3S/c1-24-16-8-14(18)10-20-17(16)21-25(22,23)15-7-13(9-19-11-15)12-5-3-2-4-6-12/h2-11H,1H3,(H,20,21). The SMILES string of the molecule is COc1cc(Cl)cnc1NS(=O)(=O)c1cncc(-c2ccccc2)c1. The number of anilines is 1.